The van der Waals surface area contributed by atoms with E-state index in [0.717, 1.165) is 42.5 Å². The number of aryl methyl sites for hydroxylation is 1. The van der Waals surface area contributed by atoms with E-state index in [1.165, 1.54) is 7.11 Å². The number of rotatable bonds is 3. The molecule has 126 valence electrons. The molecular weight excluding hydrogens is 302 g/mol. The quantitative estimate of drug-likeness (QED) is 0.630. The SMILES string of the molecule is COC(=O)C1=C(C)N(C2CCCC2)C(=O)/C1=C\c1ccc(C)cc1. The minimum Gasteiger partial charge on any atom is -0.465 e. The summed E-state index contributed by atoms with van der Waals surface area (Å²) in [5.41, 5.74) is 3.62. The zero-order chi connectivity index (χ0) is 17.3. The first-order chi connectivity index (χ1) is 11.5. The Morgan fingerprint density at radius 1 is 1.17 bits per heavy atom. The highest BCUT2D eigenvalue weighted by molar-refractivity contribution is 6.16. The number of hydrogen-bond donors (Lipinski definition) is 0. The fourth-order valence-electron chi connectivity index (χ4n) is 3.63. The molecule has 1 saturated carbocycles. The molecule has 1 fully saturated rings. The molecule has 2 aliphatic rings. The molecule has 0 bridgehead atoms. The third-order valence-corrected chi connectivity index (χ3v) is 4.91. The van der Waals surface area contributed by atoms with E-state index in [1.54, 1.807) is 11.0 Å². The number of carbonyl (C=O) groups is 2. The number of amides is 1. The second-order valence-corrected chi connectivity index (χ2v) is 6.53. The Hall–Kier alpha value is -2.36. The molecule has 24 heavy (non-hydrogen) atoms. The predicted molar refractivity (Wildman–Crippen MR) is 93.0 cm³/mol. The first-order valence-corrected chi connectivity index (χ1v) is 8.44. The summed E-state index contributed by atoms with van der Waals surface area (Å²) in [5.74, 6) is -0.528. The Morgan fingerprint density at radius 3 is 2.38 bits per heavy atom. The fourth-order valence-corrected chi connectivity index (χ4v) is 3.63. The van der Waals surface area contributed by atoms with Crippen LogP contribution in [0.1, 0.15) is 43.7 Å². The molecule has 0 aromatic heterocycles. The van der Waals surface area contributed by atoms with Gasteiger partial charge in [-0.25, -0.2) is 4.79 Å². The molecule has 1 amide bonds. The van der Waals surface area contributed by atoms with Crippen LogP contribution in [0.5, 0.6) is 0 Å². The number of carbonyl (C=O) groups excluding carboxylic acids is 2. The summed E-state index contributed by atoms with van der Waals surface area (Å²) >= 11 is 0. The molecule has 0 radical (unpaired) electrons. The first-order valence-electron chi connectivity index (χ1n) is 8.44. The van der Waals surface area contributed by atoms with Gasteiger partial charge in [-0.1, -0.05) is 42.7 Å². The van der Waals surface area contributed by atoms with E-state index in [0.29, 0.717) is 11.1 Å². The van der Waals surface area contributed by atoms with Gasteiger partial charge in [0.15, 0.2) is 0 Å². The van der Waals surface area contributed by atoms with Crippen LogP contribution < -0.4 is 0 Å². The van der Waals surface area contributed by atoms with Crippen molar-refractivity contribution >= 4 is 18.0 Å². The largest absolute Gasteiger partial charge is 0.465 e. The van der Waals surface area contributed by atoms with Crippen LogP contribution in [0.25, 0.3) is 6.08 Å². The zero-order valence-electron chi connectivity index (χ0n) is 14.5. The third kappa shape index (κ3) is 2.88. The van der Waals surface area contributed by atoms with Crippen molar-refractivity contribution in [3.63, 3.8) is 0 Å². The van der Waals surface area contributed by atoms with Gasteiger partial charge in [-0.05, 0) is 38.3 Å². The molecule has 4 heteroatoms. The van der Waals surface area contributed by atoms with Crippen LogP contribution in [0.4, 0.5) is 0 Å². The second kappa shape index (κ2) is 6.63. The van der Waals surface area contributed by atoms with Crippen LogP contribution in [-0.2, 0) is 14.3 Å². The molecule has 0 atom stereocenters. The lowest BCUT2D eigenvalue weighted by molar-refractivity contribution is -0.136. The number of allylic oxidation sites excluding steroid dienone is 1. The maximum absolute atomic E-state index is 13.0. The van der Waals surface area contributed by atoms with Gasteiger partial charge in [0, 0.05) is 11.7 Å². The van der Waals surface area contributed by atoms with Crippen LogP contribution in [-0.4, -0.2) is 29.9 Å². The van der Waals surface area contributed by atoms with Crippen molar-refractivity contribution < 1.29 is 14.3 Å². The van der Waals surface area contributed by atoms with Gasteiger partial charge in [0.05, 0.1) is 18.3 Å². The van der Waals surface area contributed by atoms with Crippen LogP contribution >= 0.6 is 0 Å². The Bertz CT molecular complexity index is 722. The highest BCUT2D eigenvalue weighted by atomic mass is 16.5. The van der Waals surface area contributed by atoms with Gasteiger partial charge in [0.2, 0.25) is 0 Å². The molecule has 1 heterocycles. The van der Waals surface area contributed by atoms with E-state index in [1.807, 2.05) is 38.1 Å². The maximum Gasteiger partial charge on any atom is 0.340 e. The van der Waals surface area contributed by atoms with Crippen LogP contribution in [0.3, 0.4) is 0 Å². The molecule has 1 aliphatic heterocycles. The molecule has 1 aliphatic carbocycles. The maximum atomic E-state index is 13.0. The van der Waals surface area contributed by atoms with Crippen molar-refractivity contribution in [1.29, 1.82) is 0 Å². The van der Waals surface area contributed by atoms with Gasteiger partial charge in [0.1, 0.15) is 0 Å². The summed E-state index contributed by atoms with van der Waals surface area (Å²) in [7, 11) is 1.36. The lowest BCUT2D eigenvalue weighted by Crippen LogP contribution is -2.34. The molecule has 3 rings (SSSR count). The molecule has 0 N–H and O–H groups in total. The molecule has 0 saturated heterocycles. The van der Waals surface area contributed by atoms with Crippen molar-refractivity contribution in [3.05, 3.63) is 52.2 Å². The molecule has 1 aromatic carbocycles. The summed E-state index contributed by atoms with van der Waals surface area (Å²) < 4.78 is 4.93. The van der Waals surface area contributed by atoms with Gasteiger partial charge >= 0.3 is 5.97 Å². The smallest absolute Gasteiger partial charge is 0.340 e. The Balaban J connectivity index is 2.04. The molecule has 0 unspecified atom stereocenters. The first kappa shape index (κ1) is 16.5. The van der Waals surface area contributed by atoms with Crippen molar-refractivity contribution in [2.45, 2.75) is 45.6 Å². The highest BCUT2D eigenvalue weighted by Crippen LogP contribution is 2.37. The fraction of sp³-hybridized carbons (Fsp3) is 0.400. The van der Waals surface area contributed by atoms with Crippen LogP contribution in [0.2, 0.25) is 0 Å². The molecular formula is C20H23NO3. The number of nitrogens with zero attached hydrogens (tertiary/aromatic N) is 1. The van der Waals surface area contributed by atoms with E-state index in [9.17, 15) is 9.59 Å². The number of benzene rings is 1. The third-order valence-electron chi connectivity index (χ3n) is 4.91. The van der Waals surface area contributed by atoms with Gasteiger partial charge in [-0.15, -0.1) is 0 Å². The molecule has 4 nitrogen and oxygen atoms in total. The summed E-state index contributed by atoms with van der Waals surface area (Å²) in [4.78, 5) is 27.1. The van der Waals surface area contributed by atoms with Crippen LogP contribution in [0.15, 0.2) is 41.1 Å². The van der Waals surface area contributed by atoms with Crippen LogP contribution in [0, 0.1) is 6.92 Å². The monoisotopic (exact) mass is 325 g/mol. The van der Waals surface area contributed by atoms with E-state index in [2.05, 4.69) is 0 Å². The van der Waals surface area contributed by atoms with Gasteiger partial charge in [-0.2, -0.15) is 0 Å². The minimum atomic E-state index is -0.445. The van der Waals surface area contributed by atoms with Crippen molar-refractivity contribution in [2.24, 2.45) is 0 Å². The van der Waals surface area contributed by atoms with Crippen molar-refractivity contribution in [2.75, 3.05) is 7.11 Å². The normalized spacial score (nSPS) is 20.4. The highest BCUT2D eigenvalue weighted by Gasteiger charge is 2.40. The number of methoxy groups -OCH3 is 1. The zero-order valence-corrected chi connectivity index (χ0v) is 14.5. The number of hydrogen-bond acceptors (Lipinski definition) is 3. The van der Waals surface area contributed by atoms with Gasteiger partial charge in [-0.3, -0.25) is 4.79 Å². The van der Waals surface area contributed by atoms with E-state index in [4.69, 9.17) is 4.74 Å². The Kier molecular flexibility index (Phi) is 4.56. The summed E-state index contributed by atoms with van der Waals surface area (Å²) in [6.45, 7) is 3.86. The molecule has 0 spiro atoms. The average Bonchev–Trinajstić information content (AvgIpc) is 3.16. The van der Waals surface area contributed by atoms with E-state index >= 15 is 0 Å². The second-order valence-electron chi connectivity index (χ2n) is 6.53. The molecule has 1 aromatic rings. The summed E-state index contributed by atoms with van der Waals surface area (Å²) in [6, 6.07) is 8.10. The predicted octanol–water partition coefficient (Wildman–Crippen LogP) is 3.61. The Morgan fingerprint density at radius 2 is 1.79 bits per heavy atom. The lowest BCUT2D eigenvalue weighted by Gasteiger charge is -2.25. The topological polar surface area (TPSA) is 46.6 Å². The Labute approximate surface area is 142 Å². The van der Waals surface area contributed by atoms with Crippen molar-refractivity contribution in [3.8, 4) is 0 Å². The minimum absolute atomic E-state index is 0.0830. The van der Waals surface area contributed by atoms with E-state index < -0.39 is 5.97 Å². The average molecular weight is 325 g/mol. The van der Waals surface area contributed by atoms with E-state index in [-0.39, 0.29) is 11.9 Å². The summed E-state index contributed by atoms with van der Waals surface area (Å²) in [5, 5.41) is 0. The lowest BCUT2D eigenvalue weighted by atomic mass is 10.0. The van der Waals surface area contributed by atoms with Crippen molar-refractivity contribution in [1.82, 2.24) is 4.90 Å². The van der Waals surface area contributed by atoms with Gasteiger partial charge < -0.3 is 9.64 Å². The van der Waals surface area contributed by atoms with Gasteiger partial charge in [0.25, 0.3) is 5.91 Å². The number of esters is 1. The number of ether oxygens (including phenoxy) is 1. The summed E-state index contributed by atoms with van der Waals surface area (Å²) in [6.07, 6.45) is 6.05. The standard InChI is InChI=1S/C20H23NO3/c1-13-8-10-15(11-9-13)12-17-18(20(23)24-3)14(2)21(19(17)22)16-6-4-5-7-16/h8-12,16H,4-7H2,1-3H3/b17-12-.